The van der Waals surface area contributed by atoms with Crippen molar-refractivity contribution in [1.82, 2.24) is 0 Å². The van der Waals surface area contributed by atoms with Crippen LogP contribution in [0.5, 0.6) is 5.75 Å². The number of hydrogen-bond acceptors (Lipinski definition) is 4. The number of nitro groups is 1. The number of para-hydroxylation sites is 2. The molecule has 2 aromatic carbocycles. The highest BCUT2D eigenvalue weighted by atomic mass is 16.6. The van der Waals surface area contributed by atoms with Gasteiger partial charge in [0, 0.05) is 18.2 Å². The molecule has 0 aromatic heterocycles. The number of amides is 1. The topological polar surface area (TPSA) is 81.5 Å². The third-order valence-electron chi connectivity index (χ3n) is 2.87. The van der Waals surface area contributed by atoms with Gasteiger partial charge in [0.2, 0.25) is 5.91 Å². The standard InChI is InChI=1S/C16H14N2O4/c1-22-15-8-3-2-7-14(15)17-16(19)10-9-12-5-4-6-13(11-12)18(20)21/h2-11H,1H3,(H,17,19). The van der Waals surface area contributed by atoms with E-state index in [0.717, 1.165) is 0 Å². The van der Waals surface area contributed by atoms with Crippen molar-refractivity contribution in [1.29, 1.82) is 0 Å². The number of methoxy groups -OCH3 is 1. The first-order valence-electron chi connectivity index (χ1n) is 6.46. The Morgan fingerprint density at radius 3 is 2.73 bits per heavy atom. The maximum Gasteiger partial charge on any atom is 0.270 e. The van der Waals surface area contributed by atoms with E-state index < -0.39 is 4.92 Å². The molecule has 0 aliphatic heterocycles. The minimum Gasteiger partial charge on any atom is -0.495 e. The minimum absolute atomic E-state index is 0.0210. The Kier molecular flexibility index (Phi) is 4.87. The Morgan fingerprint density at radius 2 is 2.00 bits per heavy atom. The number of anilines is 1. The van der Waals surface area contributed by atoms with Crippen molar-refractivity contribution in [3.63, 3.8) is 0 Å². The summed E-state index contributed by atoms with van der Waals surface area (Å²) in [6.07, 6.45) is 2.82. The summed E-state index contributed by atoms with van der Waals surface area (Å²) >= 11 is 0. The first kappa shape index (κ1) is 15.2. The third-order valence-corrected chi connectivity index (χ3v) is 2.87. The first-order chi connectivity index (χ1) is 10.6. The van der Waals surface area contributed by atoms with E-state index in [-0.39, 0.29) is 11.6 Å². The number of nitrogens with one attached hydrogen (secondary N) is 1. The van der Waals surface area contributed by atoms with Crippen LogP contribution in [0.25, 0.3) is 6.08 Å². The fourth-order valence-corrected chi connectivity index (χ4v) is 1.84. The molecule has 2 rings (SSSR count). The smallest absolute Gasteiger partial charge is 0.270 e. The number of ether oxygens (including phenoxy) is 1. The van der Waals surface area contributed by atoms with Crippen molar-refractivity contribution < 1.29 is 14.5 Å². The lowest BCUT2D eigenvalue weighted by Gasteiger charge is -2.07. The fraction of sp³-hybridized carbons (Fsp3) is 0.0625. The van der Waals surface area contributed by atoms with Crippen LogP contribution < -0.4 is 10.1 Å². The second-order valence-electron chi connectivity index (χ2n) is 4.37. The number of rotatable bonds is 5. The number of hydrogen-bond donors (Lipinski definition) is 1. The number of carbonyl (C=O) groups is 1. The summed E-state index contributed by atoms with van der Waals surface area (Å²) in [5, 5.41) is 13.4. The van der Waals surface area contributed by atoms with Gasteiger partial charge in [0.25, 0.3) is 5.69 Å². The van der Waals surface area contributed by atoms with E-state index in [1.807, 2.05) is 0 Å². The second kappa shape index (κ2) is 7.03. The Morgan fingerprint density at radius 1 is 1.23 bits per heavy atom. The number of nitrogens with zero attached hydrogens (tertiary/aromatic N) is 1. The van der Waals surface area contributed by atoms with Crippen LogP contribution in [0.15, 0.2) is 54.6 Å². The van der Waals surface area contributed by atoms with Crippen molar-refractivity contribution in [2.45, 2.75) is 0 Å². The second-order valence-corrected chi connectivity index (χ2v) is 4.37. The lowest BCUT2D eigenvalue weighted by molar-refractivity contribution is -0.384. The fourth-order valence-electron chi connectivity index (χ4n) is 1.84. The summed E-state index contributed by atoms with van der Waals surface area (Å²) in [7, 11) is 1.52. The van der Waals surface area contributed by atoms with Crippen LogP contribution in [0.3, 0.4) is 0 Å². The molecule has 0 aliphatic carbocycles. The SMILES string of the molecule is COc1ccccc1NC(=O)C=Cc1cccc([N+](=O)[O-])c1. The van der Waals surface area contributed by atoms with Crippen molar-refractivity contribution in [3.05, 3.63) is 70.3 Å². The van der Waals surface area contributed by atoms with Gasteiger partial charge >= 0.3 is 0 Å². The molecule has 0 fully saturated rings. The molecule has 6 heteroatoms. The van der Waals surface area contributed by atoms with Crippen LogP contribution in [-0.2, 0) is 4.79 Å². The minimum atomic E-state index is -0.480. The highest BCUT2D eigenvalue weighted by Gasteiger charge is 2.05. The normalized spacial score (nSPS) is 10.4. The maximum atomic E-state index is 11.9. The van der Waals surface area contributed by atoms with Gasteiger partial charge in [-0.3, -0.25) is 14.9 Å². The molecule has 0 heterocycles. The summed E-state index contributed by atoms with van der Waals surface area (Å²) in [4.78, 5) is 22.1. The molecule has 0 bridgehead atoms. The van der Waals surface area contributed by atoms with Crippen molar-refractivity contribution in [2.75, 3.05) is 12.4 Å². The lowest BCUT2D eigenvalue weighted by atomic mass is 10.2. The van der Waals surface area contributed by atoms with Gasteiger partial charge in [0.1, 0.15) is 5.75 Å². The highest BCUT2D eigenvalue weighted by molar-refractivity contribution is 6.02. The van der Waals surface area contributed by atoms with Crippen LogP contribution in [-0.4, -0.2) is 17.9 Å². The molecule has 1 amide bonds. The monoisotopic (exact) mass is 298 g/mol. The molecule has 0 saturated heterocycles. The highest BCUT2D eigenvalue weighted by Crippen LogP contribution is 2.23. The molecule has 0 saturated carbocycles. The zero-order valence-corrected chi connectivity index (χ0v) is 11.9. The van der Waals surface area contributed by atoms with Crippen LogP contribution >= 0.6 is 0 Å². The largest absolute Gasteiger partial charge is 0.495 e. The molecular weight excluding hydrogens is 284 g/mol. The van der Waals surface area contributed by atoms with Gasteiger partial charge in [-0.05, 0) is 23.8 Å². The van der Waals surface area contributed by atoms with Crippen molar-refractivity contribution >= 4 is 23.4 Å². The molecular formula is C16H14N2O4. The van der Waals surface area contributed by atoms with Gasteiger partial charge in [-0.1, -0.05) is 24.3 Å². The quantitative estimate of drug-likeness (QED) is 0.522. The Bertz CT molecular complexity index is 726. The number of nitro benzene ring substituents is 1. The molecule has 0 radical (unpaired) electrons. The van der Waals surface area contributed by atoms with Gasteiger partial charge in [-0.15, -0.1) is 0 Å². The van der Waals surface area contributed by atoms with Crippen LogP contribution in [0, 0.1) is 10.1 Å². The predicted octanol–water partition coefficient (Wildman–Crippen LogP) is 3.26. The number of carbonyl (C=O) groups excluding carboxylic acids is 1. The van der Waals surface area contributed by atoms with E-state index in [2.05, 4.69) is 5.32 Å². The van der Waals surface area contributed by atoms with E-state index >= 15 is 0 Å². The zero-order valence-electron chi connectivity index (χ0n) is 11.9. The maximum absolute atomic E-state index is 11.9. The van der Waals surface area contributed by atoms with Gasteiger partial charge in [-0.25, -0.2) is 0 Å². The van der Waals surface area contributed by atoms with E-state index in [1.54, 1.807) is 36.4 Å². The van der Waals surface area contributed by atoms with E-state index in [0.29, 0.717) is 17.0 Å². The number of non-ortho nitro benzene ring substituents is 1. The molecule has 1 N–H and O–H groups in total. The van der Waals surface area contributed by atoms with Gasteiger partial charge in [-0.2, -0.15) is 0 Å². The third kappa shape index (κ3) is 3.92. The predicted molar refractivity (Wildman–Crippen MR) is 83.8 cm³/mol. The van der Waals surface area contributed by atoms with Crippen LogP contribution in [0.1, 0.15) is 5.56 Å². The summed E-state index contributed by atoms with van der Waals surface area (Å²) < 4.78 is 5.14. The molecule has 112 valence electrons. The Balaban J connectivity index is 2.08. The Hall–Kier alpha value is -3.15. The summed E-state index contributed by atoms with van der Waals surface area (Å²) in [5.41, 5.74) is 1.11. The van der Waals surface area contributed by atoms with Gasteiger partial charge in [0.15, 0.2) is 0 Å². The van der Waals surface area contributed by atoms with Gasteiger partial charge in [0.05, 0.1) is 17.7 Å². The van der Waals surface area contributed by atoms with E-state index in [4.69, 9.17) is 4.74 Å². The molecule has 22 heavy (non-hydrogen) atoms. The van der Waals surface area contributed by atoms with E-state index in [1.165, 1.54) is 31.4 Å². The zero-order chi connectivity index (χ0) is 15.9. The molecule has 0 spiro atoms. The van der Waals surface area contributed by atoms with E-state index in [9.17, 15) is 14.9 Å². The summed E-state index contributed by atoms with van der Waals surface area (Å²) in [5.74, 6) is 0.204. The van der Waals surface area contributed by atoms with Crippen LogP contribution in [0.2, 0.25) is 0 Å². The average molecular weight is 298 g/mol. The summed E-state index contributed by atoms with van der Waals surface area (Å²) in [6.45, 7) is 0. The Labute approximate surface area is 127 Å². The number of benzene rings is 2. The molecule has 2 aromatic rings. The molecule has 6 nitrogen and oxygen atoms in total. The van der Waals surface area contributed by atoms with Crippen molar-refractivity contribution in [2.24, 2.45) is 0 Å². The van der Waals surface area contributed by atoms with Gasteiger partial charge < -0.3 is 10.1 Å². The first-order valence-corrected chi connectivity index (χ1v) is 6.46. The van der Waals surface area contributed by atoms with Crippen LogP contribution in [0.4, 0.5) is 11.4 Å². The average Bonchev–Trinajstić information content (AvgIpc) is 2.53. The molecule has 0 aliphatic rings. The lowest BCUT2D eigenvalue weighted by Crippen LogP contribution is -2.08. The molecule has 0 unspecified atom stereocenters. The molecule has 0 atom stereocenters. The summed E-state index contributed by atoms with van der Waals surface area (Å²) in [6, 6.07) is 13.1. The van der Waals surface area contributed by atoms with Crippen molar-refractivity contribution in [3.8, 4) is 5.75 Å².